The molecule has 4 heteroatoms. The number of rotatable bonds is 5. The van der Waals surface area contributed by atoms with E-state index < -0.39 is 0 Å². The number of hydrogen-bond acceptors (Lipinski definition) is 4. The van der Waals surface area contributed by atoms with Crippen LogP contribution in [0.15, 0.2) is 60.7 Å². The van der Waals surface area contributed by atoms with E-state index in [-0.39, 0.29) is 5.97 Å². The molecule has 118 valence electrons. The molecule has 0 radical (unpaired) electrons. The predicted octanol–water partition coefficient (Wildman–Crippen LogP) is 4.44. The Morgan fingerprint density at radius 2 is 1.65 bits per heavy atom. The number of benzene rings is 2. The molecule has 0 atom stereocenters. The summed E-state index contributed by atoms with van der Waals surface area (Å²) >= 11 is 0. The molecule has 0 saturated carbocycles. The van der Waals surface area contributed by atoms with Crippen LogP contribution in [0.2, 0.25) is 0 Å². The van der Waals surface area contributed by atoms with Crippen LogP contribution < -0.4 is 9.64 Å². The van der Waals surface area contributed by atoms with Gasteiger partial charge in [-0.15, -0.1) is 0 Å². The van der Waals surface area contributed by atoms with Crippen LogP contribution in [0.4, 0.5) is 11.4 Å². The first-order chi connectivity index (χ1) is 11.2. The van der Waals surface area contributed by atoms with Crippen LogP contribution in [-0.4, -0.2) is 19.1 Å². The summed E-state index contributed by atoms with van der Waals surface area (Å²) in [6, 6.07) is 15.9. The summed E-state index contributed by atoms with van der Waals surface area (Å²) in [6.45, 7) is 6.34. The second-order valence-corrected chi connectivity index (χ2v) is 5.46. The van der Waals surface area contributed by atoms with Gasteiger partial charge in [0.1, 0.15) is 0 Å². The van der Waals surface area contributed by atoms with Gasteiger partial charge in [0, 0.05) is 12.1 Å². The van der Waals surface area contributed by atoms with Crippen LogP contribution in [0.5, 0.6) is 11.5 Å². The van der Waals surface area contributed by atoms with Crippen molar-refractivity contribution in [1.82, 2.24) is 0 Å². The van der Waals surface area contributed by atoms with Gasteiger partial charge in [-0.25, -0.2) is 4.79 Å². The lowest BCUT2D eigenvalue weighted by molar-refractivity contribution is -0.138. The van der Waals surface area contributed by atoms with E-state index in [0.29, 0.717) is 12.2 Å². The molecule has 0 aromatic heterocycles. The van der Waals surface area contributed by atoms with E-state index in [0.717, 1.165) is 35.8 Å². The maximum absolute atomic E-state index is 11.4. The summed E-state index contributed by atoms with van der Waals surface area (Å²) in [5.41, 5.74) is 2.47. The van der Waals surface area contributed by atoms with Crippen LogP contribution in [0, 0.1) is 0 Å². The summed E-state index contributed by atoms with van der Waals surface area (Å²) in [5.74, 6) is 1.34. The van der Waals surface area contributed by atoms with Gasteiger partial charge >= 0.3 is 5.97 Å². The molecule has 0 aliphatic carbocycles. The van der Waals surface area contributed by atoms with Crippen molar-refractivity contribution in [2.75, 3.05) is 18.1 Å². The summed E-state index contributed by atoms with van der Waals surface area (Å²) in [7, 11) is 0. The number of carbonyl (C=O) groups excluding carboxylic acids is 1. The molecule has 0 amide bonds. The molecule has 2 aromatic carbocycles. The molecule has 3 rings (SSSR count). The molecule has 0 fully saturated rings. The normalized spacial score (nSPS) is 12.0. The fraction of sp³-hybridized carbons (Fsp3) is 0.211. The molecule has 0 N–H and O–H groups in total. The van der Waals surface area contributed by atoms with Gasteiger partial charge in [-0.1, -0.05) is 30.8 Å². The Balaban J connectivity index is 1.74. The maximum Gasteiger partial charge on any atom is 0.333 e. The van der Waals surface area contributed by atoms with Crippen LogP contribution in [0.25, 0.3) is 0 Å². The van der Waals surface area contributed by atoms with Crippen molar-refractivity contribution in [2.24, 2.45) is 0 Å². The Kier molecular flexibility index (Phi) is 4.33. The van der Waals surface area contributed by atoms with Gasteiger partial charge in [0.2, 0.25) is 0 Å². The lowest BCUT2D eigenvalue weighted by atomic mass is 10.1. The Morgan fingerprint density at radius 3 is 2.22 bits per heavy atom. The van der Waals surface area contributed by atoms with Crippen molar-refractivity contribution >= 4 is 17.3 Å². The first kappa shape index (κ1) is 15.2. The molecule has 1 aliphatic rings. The number of para-hydroxylation sites is 4. The van der Waals surface area contributed by atoms with Gasteiger partial charge in [-0.3, -0.25) is 0 Å². The average Bonchev–Trinajstić information content (AvgIpc) is 2.57. The van der Waals surface area contributed by atoms with Crippen molar-refractivity contribution in [3.05, 3.63) is 60.7 Å². The zero-order valence-electron chi connectivity index (χ0n) is 13.1. The molecular formula is C19H19NO3. The van der Waals surface area contributed by atoms with Crippen LogP contribution in [-0.2, 0) is 9.53 Å². The van der Waals surface area contributed by atoms with E-state index in [1.807, 2.05) is 48.5 Å². The molecule has 1 heterocycles. The number of carbonyl (C=O) groups is 1. The highest BCUT2D eigenvalue weighted by Gasteiger charge is 2.23. The lowest BCUT2D eigenvalue weighted by Crippen LogP contribution is -2.23. The van der Waals surface area contributed by atoms with Crippen LogP contribution in [0.1, 0.15) is 13.3 Å². The van der Waals surface area contributed by atoms with E-state index in [1.54, 1.807) is 6.92 Å². The van der Waals surface area contributed by atoms with Gasteiger partial charge in [-0.2, -0.15) is 0 Å². The zero-order valence-corrected chi connectivity index (χ0v) is 13.1. The van der Waals surface area contributed by atoms with Crippen molar-refractivity contribution in [3.8, 4) is 11.5 Å². The number of hydrogen-bond donors (Lipinski definition) is 0. The molecule has 0 unspecified atom stereocenters. The first-order valence-electron chi connectivity index (χ1n) is 7.63. The topological polar surface area (TPSA) is 38.8 Å². The smallest absolute Gasteiger partial charge is 0.333 e. The molecule has 23 heavy (non-hydrogen) atoms. The molecule has 4 nitrogen and oxygen atoms in total. The van der Waals surface area contributed by atoms with Crippen molar-refractivity contribution in [3.63, 3.8) is 0 Å². The van der Waals surface area contributed by atoms with Crippen LogP contribution in [0.3, 0.4) is 0 Å². The third kappa shape index (κ3) is 3.21. The second-order valence-electron chi connectivity index (χ2n) is 5.46. The van der Waals surface area contributed by atoms with E-state index in [9.17, 15) is 4.79 Å². The lowest BCUT2D eigenvalue weighted by Gasteiger charge is -2.32. The highest BCUT2D eigenvalue weighted by Crippen LogP contribution is 2.46. The van der Waals surface area contributed by atoms with Gasteiger partial charge < -0.3 is 14.4 Å². The minimum absolute atomic E-state index is 0.340. The van der Waals surface area contributed by atoms with E-state index in [1.165, 1.54) is 0 Å². The second kappa shape index (κ2) is 6.57. The molecule has 0 spiro atoms. The molecule has 0 bridgehead atoms. The van der Waals surface area contributed by atoms with E-state index in [2.05, 4.69) is 11.5 Å². The maximum atomic E-state index is 11.4. The largest absolute Gasteiger partial charge is 0.462 e. The Bertz CT molecular complexity index is 693. The highest BCUT2D eigenvalue weighted by molar-refractivity contribution is 5.86. The van der Waals surface area contributed by atoms with Crippen molar-refractivity contribution < 1.29 is 14.3 Å². The Labute approximate surface area is 135 Å². The molecule has 1 aliphatic heterocycles. The molecular weight excluding hydrogens is 290 g/mol. The fourth-order valence-electron chi connectivity index (χ4n) is 2.53. The third-order valence-electron chi connectivity index (χ3n) is 3.64. The van der Waals surface area contributed by atoms with Gasteiger partial charge in [0.15, 0.2) is 11.5 Å². The van der Waals surface area contributed by atoms with Gasteiger partial charge in [-0.05, 0) is 37.6 Å². The molecule has 2 aromatic rings. The Hall–Kier alpha value is -2.75. The summed E-state index contributed by atoms with van der Waals surface area (Å²) in [6.07, 6.45) is 0.724. The van der Waals surface area contributed by atoms with Gasteiger partial charge in [0.25, 0.3) is 0 Å². The first-order valence-corrected chi connectivity index (χ1v) is 7.63. The average molecular weight is 309 g/mol. The van der Waals surface area contributed by atoms with Crippen molar-refractivity contribution in [1.29, 1.82) is 0 Å². The summed E-state index contributed by atoms with van der Waals surface area (Å²) < 4.78 is 11.1. The zero-order chi connectivity index (χ0) is 16.2. The fourth-order valence-corrected chi connectivity index (χ4v) is 2.53. The third-order valence-corrected chi connectivity index (χ3v) is 3.64. The minimum Gasteiger partial charge on any atom is -0.462 e. The standard InChI is InChI=1S/C19H19NO3/c1-14(2)19(21)22-13-7-12-20-15-8-3-5-10-17(15)23-18-11-6-4-9-16(18)20/h3-6,8-11H,1,7,12-13H2,2H3. The monoisotopic (exact) mass is 309 g/mol. The van der Waals surface area contributed by atoms with E-state index in [4.69, 9.17) is 9.47 Å². The summed E-state index contributed by atoms with van der Waals surface area (Å²) in [4.78, 5) is 13.6. The summed E-state index contributed by atoms with van der Waals surface area (Å²) in [5, 5.41) is 0. The highest BCUT2D eigenvalue weighted by atomic mass is 16.5. The number of nitrogens with zero attached hydrogens (tertiary/aromatic N) is 1. The number of esters is 1. The SMILES string of the molecule is C=C(C)C(=O)OCCCN1c2ccccc2Oc2ccccc21. The Morgan fingerprint density at radius 1 is 1.09 bits per heavy atom. The van der Waals surface area contributed by atoms with Crippen molar-refractivity contribution in [2.45, 2.75) is 13.3 Å². The van der Waals surface area contributed by atoms with Gasteiger partial charge in [0.05, 0.1) is 18.0 Å². The van der Waals surface area contributed by atoms with E-state index >= 15 is 0 Å². The number of fused-ring (bicyclic) bond motifs is 2. The minimum atomic E-state index is -0.340. The quantitative estimate of drug-likeness (QED) is 0.465. The number of ether oxygens (including phenoxy) is 2. The van der Waals surface area contributed by atoms with Crippen LogP contribution >= 0.6 is 0 Å². The number of anilines is 2. The molecule has 0 saturated heterocycles. The predicted molar refractivity (Wildman–Crippen MR) is 90.4 cm³/mol.